The third-order valence-electron chi connectivity index (χ3n) is 3.85. The Hall–Kier alpha value is -3.02. The number of rotatable bonds is 2. The third kappa shape index (κ3) is 2.27. The minimum Gasteiger partial charge on any atom is -0.485 e. The summed E-state index contributed by atoms with van der Waals surface area (Å²) in [7, 11) is 0. The average molecular weight is 326 g/mol. The number of hydrogen-bond donors (Lipinski definition) is 0. The number of para-hydroxylation sites is 1. The van der Waals surface area contributed by atoms with Crippen LogP contribution in [0.2, 0.25) is 0 Å². The highest BCUT2D eigenvalue weighted by Gasteiger charge is 2.29. The molecule has 0 radical (unpaired) electrons. The van der Waals surface area contributed by atoms with Crippen LogP contribution >= 0.6 is 0 Å². The summed E-state index contributed by atoms with van der Waals surface area (Å²) in [4.78, 5) is 24.4. The van der Waals surface area contributed by atoms with Gasteiger partial charge in [0.15, 0.2) is 11.5 Å². The zero-order chi connectivity index (χ0) is 16.7. The first-order chi connectivity index (χ1) is 11.7. The topological polar surface area (TPSA) is 75.0 Å². The second-order valence-corrected chi connectivity index (χ2v) is 5.39. The molecule has 0 saturated heterocycles. The van der Waals surface area contributed by atoms with Gasteiger partial charge >= 0.3 is 5.97 Å². The van der Waals surface area contributed by atoms with Gasteiger partial charge in [0, 0.05) is 6.07 Å². The molecule has 6 heteroatoms. The van der Waals surface area contributed by atoms with Gasteiger partial charge in [0.05, 0.1) is 17.4 Å². The molecule has 0 fully saturated rings. The van der Waals surface area contributed by atoms with E-state index in [1.807, 2.05) is 0 Å². The molecule has 3 aromatic rings. The van der Waals surface area contributed by atoms with E-state index in [9.17, 15) is 9.59 Å². The van der Waals surface area contributed by atoms with Gasteiger partial charge in [0.1, 0.15) is 17.8 Å². The standard InChI is InChI=1S/C18H14O6/c1-2-21-18(20)16-9-22-14-8-13-11(7-15(14)24-16)17(19)10-5-3-4-6-12(10)23-13/h3-8,16H,2,9H2,1H3. The van der Waals surface area contributed by atoms with E-state index < -0.39 is 12.1 Å². The Morgan fingerprint density at radius 2 is 2.00 bits per heavy atom. The minimum atomic E-state index is -0.845. The molecule has 6 nitrogen and oxygen atoms in total. The second-order valence-electron chi connectivity index (χ2n) is 5.39. The van der Waals surface area contributed by atoms with Crippen molar-refractivity contribution in [2.24, 2.45) is 0 Å². The summed E-state index contributed by atoms with van der Waals surface area (Å²) < 4.78 is 21.9. The zero-order valence-corrected chi connectivity index (χ0v) is 12.9. The maximum absolute atomic E-state index is 12.6. The van der Waals surface area contributed by atoms with Crippen LogP contribution in [0.1, 0.15) is 6.92 Å². The average Bonchev–Trinajstić information content (AvgIpc) is 2.60. The number of carbonyl (C=O) groups excluding carboxylic acids is 1. The molecule has 1 aromatic heterocycles. The first kappa shape index (κ1) is 14.6. The summed E-state index contributed by atoms with van der Waals surface area (Å²) in [5.41, 5.74) is 0.767. The van der Waals surface area contributed by atoms with Crippen LogP contribution in [0.4, 0.5) is 0 Å². The van der Waals surface area contributed by atoms with Crippen LogP contribution in [0, 0.1) is 0 Å². The van der Waals surface area contributed by atoms with Gasteiger partial charge in [-0.3, -0.25) is 4.79 Å². The first-order valence-corrected chi connectivity index (χ1v) is 7.63. The molecule has 0 spiro atoms. The minimum absolute atomic E-state index is 0.0507. The van der Waals surface area contributed by atoms with E-state index in [0.717, 1.165) is 0 Å². The Morgan fingerprint density at radius 1 is 1.17 bits per heavy atom. The van der Waals surface area contributed by atoms with Crippen molar-refractivity contribution >= 4 is 27.9 Å². The van der Waals surface area contributed by atoms with E-state index in [1.165, 1.54) is 0 Å². The lowest BCUT2D eigenvalue weighted by Crippen LogP contribution is -2.37. The molecule has 0 aliphatic carbocycles. The lowest BCUT2D eigenvalue weighted by Gasteiger charge is -2.25. The maximum Gasteiger partial charge on any atom is 0.350 e. The lowest BCUT2D eigenvalue weighted by molar-refractivity contribution is -0.153. The van der Waals surface area contributed by atoms with Crippen LogP contribution in [-0.2, 0) is 9.53 Å². The molecule has 2 heterocycles. The molecule has 1 unspecified atom stereocenters. The molecule has 0 bridgehead atoms. The van der Waals surface area contributed by atoms with Crippen molar-refractivity contribution in [2.75, 3.05) is 13.2 Å². The summed E-state index contributed by atoms with van der Waals surface area (Å²) in [6.45, 7) is 2.04. The van der Waals surface area contributed by atoms with Crippen molar-refractivity contribution in [3.05, 3.63) is 46.6 Å². The smallest absolute Gasteiger partial charge is 0.350 e. The monoisotopic (exact) mass is 326 g/mol. The van der Waals surface area contributed by atoms with Crippen LogP contribution in [0.25, 0.3) is 21.9 Å². The van der Waals surface area contributed by atoms with Gasteiger partial charge < -0.3 is 18.6 Å². The Balaban J connectivity index is 1.83. The number of benzene rings is 2. The molecule has 24 heavy (non-hydrogen) atoms. The number of hydrogen-bond acceptors (Lipinski definition) is 6. The van der Waals surface area contributed by atoms with Crippen LogP contribution in [0.15, 0.2) is 45.6 Å². The van der Waals surface area contributed by atoms with Crippen molar-refractivity contribution in [3.63, 3.8) is 0 Å². The van der Waals surface area contributed by atoms with Gasteiger partial charge in [0.2, 0.25) is 11.5 Å². The third-order valence-corrected chi connectivity index (χ3v) is 3.85. The Morgan fingerprint density at radius 3 is 2.83 bits per heavy atom. The van der Waals surface area contributed by atoms with E-state index in [1.54, 1.807) is 43.3 Å². The molecule has 0 N–H and O–H groups in total. The van der Waals surface area contributed by atoms with Gasteiger partial charge in [-0.15, -0.1) is 0 Å². The lowest BCUT2D eigenvalue weighted by atomic mass is 10.1. The van der Waals surface area contributed by atoms with E-state index >= 15 is 0 Å². The van der Waals surface area contributed by atoms with Gasteiger partial charge in [-0.05, 0) is 25.1 Å². The number of carbonyl (C=O) groups is 1. The van der Waals surface area contributed by atoms with Gasteiger partial charge in [-0.25, -0.2) is 4.79 Å². The fraction of sp³-hybridized carbons (Fsp3) is 0.222. The summed E-state index contributed by atoms with van der Waals surface area (Å²) in [5, 5.41) is 0.865. The molecule has 1 atom stereocenters. The second kappa shape index (κ2) is 5.56. The highest BCUT2D eigenvalue weighted by molar-refractivity contribution is 5.91. The quantitative estimate of drug-likeness (QED) is 0.532. The van der Waals surface area contributed by atoms with Gasteiger partial charge in [-0.1, -0.05) is 12.1 Å². The predicted molar refractivity (Wildman–Crippen MR) is 86.5 cm³/mol. The molecule has 0 amide bonds. The molecule has 122 valence electrons. The summed E-state index contributed by atoms with van der Waals surface area (Å²) >= 11 is 0. The number of ether oxygens (including phenoxy) is 3. The predicted octanol–water partition coefficient (Wildman–Crippen LogP) is 2.65. The summed E-state index contributed by atoms with van der Waals surface area (Å²) in [5.74, 6) is 0.268. The number of esters is 1. The van der Waals surface area contributed by atoms with Crippen molar-refractivity contribution in [1.29, 1.82) is 0 Å². The highest BCUT2D eigenvalue weighted by atomic mass is 16.6. The van der Waals surface area contributed by atoms with Crippen molar-refractivity contribution < 1.29 is 23.4 Å². The fourth-order valence-electron chi connectivity index (χ4n) is 2.72. The first-order valence-electron chi connectivity index (χ1n) is 7.63. The van der Waals surface area contributed by atoms with E-state index in [4.69, 9.17) is 18.6 Å². The zero-order valence-electron chi connectivity index (χ0n) is 12.9. The van der Waals surface area contributed by atoms with Crippen molar-refractivity contribution in [3.8, 4) is 11.5 Å². The van der Waals surface area contributed by atoms with Crippen LogP contribution < -0.4 is 14.9 Å². The van der Waals surface area contributed by atoms with Gasteiger partial charge in [0.25, 0.3) is 0 Å². The molecular formula is C18H14O6. The Bertz CT molecular complexity index is 1000. The van der Waals surface area contributed by atoms with Crippen molar-refractivity contribution in [2.45, 2.75) is 13.0 Å². The number of fused-ring (bicyclic) bond motifs is 3. The van der Waals surface area contributed by atoms with Crippen LogP contribution in [-0.4, -0.2) is 25.3 Å². The summed E-state index contributed by atoms with van der Waals surface area (Å²) in [6, 6.07) is 10.2. The fourth-order valence-corrected chi connectivity index (χ4v) is 2.72. The van der Waals surface area contributed by atoms with E-state index in [0.29, 0.717) is 33.4 Å². The molecular weight excluding hydrogens is 312 g/mol. The molecule has 1 aliphatic heterocycles. The highest BCUT2D eigenvalue weighted by Crippen LogP contribution is 2.36. The molecule has 4 rings (SSSR count). The Kier molecular flexibility index (Phi) is 3.37. The molecule has 1 aliphatic rings. The normalized spacial score (nSPS) is 16.3. The van der Waals surface area contributed by atoms with Gasteiger partial charge in [-0.2, -0.15) is 0 Å². The largest absolute Gasteiger partial charge is 0.485 e. The molecule has 2 aromatic carbocycles. The van der Waals surface area contributed by atoms with Crippen molar-refractivity contribution in [1.82, 2.24) is 0 Å². The van der Waals surface area contributed by atoms with E-state index in [2.05, 4.69) is 0 Å². The molecule has 0 saturated carbocycles. The van der Waals surface area contributed by atoms with E-state index in [-0.39, 0.29) is 18.6 Å². The maximum atomic E-state index is 12.6. The van der Waals surface area contributed by atoms with Crippen LogP contribution in [0.5, 0.6) is 11.5 Å². The van der Waals surface area contributed by atoms with Crippen LogP contribution in [0.3, 0.4) is 0 Å². The SMILES string of the molecule is CCOC(=O)C1COc2cc3oc4ccccc4c(=O)c3cc2O1. The Labute approximate surface area is 136 Å². The summed E-state index contributed by atoms with van der Waals surface area (Å²) in [6.07, 6.45) is -0.845.